The van der Waals surface area contributed by atoms with Crippen molar-refractivity contribution in [2.45, 2.75) is 13.8 Å². The van der Waals surface area contributed by atoms with Crippen LogP contribution in [0.4, 0.5) is 0 Å². The molecule has 1 aliphatic rings. The van der Waals surface area contributed by atoms with Crippen molar-refractivity contribution in [3.63, 3.8) is 0 Å². The number of hydrogen-bond donors (Lipinski definition) is 2. The Morgan fingerprint density at radius 2 is 1.45 bits per heavy atom. The van der Waals surface area contributed by atoms with Crippen LogP contribution in [0, 0.1) is 0 Å². The molecule has 0 saturated carbocycles. The first-order valence-electron chi connectivity index (χ1n) is 3.85. The van der Waals surface area contributed by atoms with E-state index in [-0.39, 0.29) is 0 Å². The van der Waals surface area contributed by atoms with E-state index in [1.165, 1.54) is 0 Å². The van der Waals surface area contributed by atoms with Gasteiger partial charge in [0.15, 0.2) is 0 Å². The molecule has 2 N–H and O–H groups in total. The third-order valence-electron chi connectivity index (χ3n) is 1.26. The van der Waals surface area contributed by atoms with Gasteiger partial charge in [-0.05, 0) is 12.2 Å². The van der Waals surface area contributed by atoms with Gasteiger partial charge in [0.1, 0.15) is 0 Å². The van der Waals surface area contributed by atoms with Crippen molar-refractivity contribution in [3.05, 3.63) is 36.7 Å². The van der Waals surface area contributed by atoms with Gasteiger partial charge < -0.3 is 10.6 Å². The third-order valence-corrected chi connectivity index (χ3v) is 1.26. The van der Waals surface area contributed by atoms with Gasteiger partial charge in [0, 0.05) is 0 Å². The number of nitrogens with one attached hydrogen (secondary N) is 2. The maximum absolute atomic E-state index is 3.63. The molecule has 0 radical (unpaired) electrons. The van der Waals surface area contributed by atoms with Gasteiger partial charge in [-0.3, -0.25) is 0 Å². The molecule has 0 unspecified atom stereocenters. The third kappa shape index (κ3) is 2.50. The van der Waals surface area contributed by atoms with Crippen LogP contribution in [-0.2, 0) is 0 Å². The Kier molecular flexibility index (Phi) is 4.99. The Bertz CT molecular complexity index is 150. The van der Waals surface area contributed by atoms with Gasteiger partial charge in [-0.25, -0.2) is 0 Å². The quantitative estimate of drug-likeness (QED) is 0.630. The van der Waals surface area contributed by atoms with E-state index in [0.29, 0.717) is 0 Å². The summed E-state index contributed by atoms with van der Waals surface area (Å²) in [6.07, 6.45) is 3.55. The molecule has 0 aromatic carbocycles. The highest BCUT2D eigenvalue weighted by molar-refractivity contribution is 5.31. The lowest BCUT2D eigenvalue weighted by molar-refractivity contribution is 0.812. The molecule has 0 fully saturated rings. The van der Waals surface area contributed by atoms with Gasteiger partial charge in [-0.15, -0.1) is 0 Å². The predicted molar refractivity (Wildman–Crippen MR) is 49.9 cm³/mol. The Balaban J connectivity index is 0.000000461. The summed E-state index contributed by atoms with van der Waals surface area (Å²) < 4.78 is 0. The Morgan fingerprint density at radius 3 is 1.73 bits per heavy atom. The van der Waals surface area contributed by atoms with Crippen LogP contribution in [0.5, 0.6) is 0 Å². The molecule has 62 valence electrons. The minimum atomic E-state index is 0.780. The molecule has 0 saturated heterocycles. The van der Waals surface area contributed by atoms with E-state index in [1.54, 1.807) is 12.2 Å². The van der Waals surface area contributed by atoms with Crippen LogP contribution >= 0.6 is 0 Å². The zero-order valence-electron chi connectivity index (χ0n) is 7.28. The van der Waals surface area contributed by atoms with Gasteiger partial charge in [-0.1, -0.05) is 27.0 Å². The highest BCUT2D eigenvalue weighted by Crippen LogP contribution is 2.03. The smallest absolute Gasteiger partial charge is 0.0850 e. The van der Waals surface area contributed by atoms with Gasteiger partial charge >= 0.3 is 0 Å². The molecule has 0 atom stereocenters. The molecular formula is C9H16N2. The van der Waals surface area contributed by atoms with E-state index >= 15 is 0 Å². The lowest BCUT2D eigenvalue weighted by Crippen LogP contribution is -2.14. The van der Waals surface area contributed by atoms with Gasteiger partial charge in [0.05, 0.1) is 18.1 Å². The normalized spacial score (nSPS) is 14.0. The van der Waals surface area contributed by atoms with Crippen LogP contribution in [0.15, 0.2) is 36.7 Å². The molecule has 1 rings (SSSR count). The average molecular weight is 152 g/mol. The van der Waals surface area contributed by atoms with Crippen LogP contribution in [0.25, 0.3) is 0 Å². The minimum Gasteiger partial charge on any atom is -0.366 e. The molecule has 0 aromatic heterocycles. The van der Waals surface area contributed by atoms with Gasteiger partial charge in [0.2, 0.25) is 0 Å². The summed E-state index contributed by atoms with van der Waals surface area (Å²) in [7, 11) is 0. The maximum Gasteiger partial charge on any atom is 0.0850 e. The summed E-state index contributed by atoms with van der Waals surface area (Å²) in [6.45, 7) is 12.0. The lowest BCUT2D eigenvalue weighted by atomic mass is 10.3. The molecule has 1 heterocycles. The largest absolute Gasteiger partial charge is 0.366 e. The van der Waals surface area contributed by atoms with Crippen molar-refractivity contribution in [3.8, 4) is 0 Å². The predicted octanol–water partition coefficient (Wildman–Crippen LogP) is 1.75. The molecule has 2 heteroatoms. The second kappa shape index (κ2) is 5.59. The fourth-order valence-electron chi connectivity index (χ4n) is 0.789. The molecule has 1 aliphatic heterocycles. The van der Waals surface area contributed by atoms with Crippen molar-refractivity contribution < 1.29 is 0 Å². The summed E-state index contributed by atoms with van der Waals surface area (Å²) in [6, 6.07) is 0. The molecule has 0 aromatic rings. The highest BCUT2D eigenvalue weighted by Gasteiger charge is 2.04. The van der Waals surface area contributed by atoms with E-state index in [4.69, 9.17) is 0 Å². The van der Waals surface area contributed by atoms with Crippen LogP contribution in [-0.4, -0.2) is 6.67 Å². The molecule has 0 aliphatic carbocycles. The van der Waals surface area contributed by atoms with Crippen molar-refractivity contribution in [2.75, 3.05) is 6.67 Å². The second-order valence-electron chi connectivity index (χ2n) is 1.77. The van der Waals surface area contributed by atoms with E-state index in [9.17, 15) is 0 Å². The standard InChI is InChI=1S/C7H10N2.C2H6/c1-3-6-7(4-2)9-5-8-6;1-2/h3-4,8-9H,1-2,5H2;1-2H3. The highest BCUT2D eigenvalue weighted by atomic mass is 15.1. The fraction of sp³-hybridized carbons (Fsp3) is 0.333. The monoisotopic (exact) mass is 152 g/mol. The first-order valence-corrected chi connectivity index (χ1v) is 3.85. The van der Waals surface area contributed by atoms with Crippen molar-refractivity contribution in [2.24, 2.45) is 0 Å². The summed E-state index contributed by atoms with van der Waals surface area (Å²) in [4.78, 5) is 0. The summed E-state index contributed by atoms with van der Waals surface area (Å²) in [5, 5.41) is 6.17. The molecule has 0 spiro atoms. The number of allylic oxidation sites excluding steroid dienone is 2. The van der Waals surface area contributed by atoms with Crippen molar-refractivity contribution >= 4 is 0 Å². The molecular weight excluding hydrogens is 136 g/mol. The second-order valence-corrected chi connectivity index (χ2v) is 1.77. The van der Waals surface area contributed by atoms with E-state index in [1.807, 2.05) is 13.8 Å². The Labute approximate surface area is 68.7 Å². The van der Waals surface area contributed by atoms with Crippen LogP contribution in [0.3, 0.4) is 0 Å². The average Bonchev–Trinajstić information content (AvgIpc) is 2.54. The number of hydrogen-bond acceptors (Lipinski definition) is 2. The van der Waals surface area contributed by atoms with Crippen LogP contribution in [0.1, 0.15) is 13.8 Å². The Hall–Kier alpha value is -1.18. The molecule has 0 amide bonds. The van der Waals surface area contributed by atoms with E-state index < -0.39 is 0 Å². The summed E-state index contributed by atoms with van der Waals surface area (Å²) >= 11 is 0. The maximum atomic E-state index is 3.63. The molecule has 11 heavy (non-hydrogen) atoms. The zero-order chi connectivity index (χ0) is 8.69. The zero-order valence-corrected chi connectivity index (χ0v) is 7.28. The SMILES string of the molecule is C=CC1=C(C=C)NCN1.CC. The van der Waals surface area contributed by atoms with Crippen LogP contribution in [0.2, 0.25) is 0 Å². The summed E-state index contributed by atoms with van der Waals surface area (Å²) in [5.41, 5.74) is 2.06. The minimum absolute atomic E-state index is 0.780. The topological polar surface area (TPSA) is 24.1 Å². The Morgan fingerprint density at radius 1 is 1.09 bits per heavy atom. The molecule has 0 bridgehead atoms. The number of rotatable bonds is 2. The van der Waals surface area contributed by atoms with Crippen molar-refractivity contribution in [1.82, 2.24) is 10.6 Å². The van der Waals surface area contributed by atoms with Gasteiger partial charge in [-0.2, -0.15) is 0 Å². The van der Waals surface area contributed by atoms with E-state index in [2.05, 4.69) is 23.8 Å². The van der Waals surface area contributed by atoms with E-state index in [0.717, 1.165) is 18.1 Å². The van der Waals surface area contributed by atoms with Gasteiger partial charge in [0.25, 0.3) is 0 Å². The summed E-state index contributed by atoms with van der Waals surface area (Å²) in [5.74, 6) is 0. The van der Waals surface area contributed by atoms with Crippen LogP contribution < -0.4 is 10.6 Å². The fourth-order valence-corrected chi connectivity index (χ4v) is 0.789. The first kappa shape index (κ1) is 9.82. The molecule has 2 nitrogen and oxygen atoms in total. The lowest BCUT2D eigenvalue weighted by Gasteiger charge is -1.92. The van der Waals surface area contributed by atoms with Crippen molar-refractivity contribution in [1.29, 1.82) is 0 Å². The first-order chi connectivity index (χ1) is 5.38.